The van der Waals surface area contributed by atoms with Crippen LogP contribution in [0.25, 0.3) is 11.0 Å². The number of likely N-dealkylation sites (tertiary alicyclic amines) is 1. The predicted molar refractivity (Wildman–Crippen MR) is 147 cm³/mol. The van der Waals surface area contributed by atoms with Crippen molar-refractivity contribution in [3.05, 3.63) is 57.1 Å². The average Bonchev–Trinajstić information content (AvgIpc) is 2.84. The third-order valence-electron chi connectivity index (χ3n) is 6.88. The number of rotatable bonds is 4. The van der Waals surface area contributed by atoms with Gasteiger partial charge >= 0.3 is 12.3 Å². The highest BCUT2D eigenvalue weighted by molar-refractivity contribution is 5.87. The van der Waals surface area contributed by atoms with Crippen LogP contribution in [-0.4, -0.2) is 44.2 Å². The van der Waals surface area contributed by atoms with E-state index in [0.29, 0.717) is 59.7 Å². The molecule has 1 saturated heterocycles. The minimum atomic E-state index is -4.54. The number of aromatic nitrogens is 3. The molecule has 9 nitrogen and oxygen atoms in total. The Kier molecular flexibility index (Phi) is 7.75. The molecule has 40 heavy (non-hydrogen) atoms. The number of fused-ring (bicyclic) bond motifs is 1. The molecule has 1 fully saturated rings. The van der Waals surface area contributed by atoms with Crippen molar-refractivity contribution in [2.24, 2.45) is 7.05 Å². The zero-order valence-corrected chi connectivity index (χ0v) is 23.5. The second kappa shape index (κ2) is 10.6. The number of nitrogens with one attached hydrogen (secondary N) is 1. The summed E-state index contributed by atoms with van der Waals surface area (Å²) >= 11 is 0. The number of anilines is 2. The van der Waals surface area contributed by atoms with Gasteiger partial charge in [-0.25, -0.2) is 14.8 Å². The fourth-order valence-electron chi connectivity index (χ4n) is 4.97. The minimum Gasteiger partial charge on any atom is -0.444 e. The molecule has 216 valence electrons. The van der Waals surface area contributed by atoms with Gasteiger partial charge in [0.25, 0.3) is 5.56 Å². The number of ether oxygens (including phenoxy) is 1. The number of nitrogens with two attached hydrogens (primary N) is 1. The number of hydrogen-bond donors (Lipinski definition) is 2. The molecule has 1 aliphatic heterocycles. The molecule has 1 unspecified atom stereocenters. The van der Waals surface area contributed by atoms with Crippen LogP contribution in [0.3, 0.4) is 0 Å². The van der Waals surface area contributed by atoms with Crippen LogP contribution in [-0.2, 0) is 18.0 Å². The zero-order chi connectivity index (χ0) is 29.6. The van der Waals surface area contributed by atoms with E-state index in [9.17, 15) is 22.8 Å². The monoisotopic (exact) mass is 560 g/mol. The number of hydrogen-bond acceptors (Lipinski definition) is 7. The van der Waals surface area contributed by atoms with Crippen LogP contribution < -0.4 is 16.6 Å². The number of carbonyl (C=O) groups is 1. The number of benzene rings is 1. The number of piperidine rings is 1. The van der Waals surface area contributed by atoms with E-state index < -0.39 is 29.5 Å². The van der Waals surface area contributed by atoms with Gasteiger partial charge in [-0.1, -0.05) is 0 Å². The van der Waals surface area contributed by atoms with Crippen molar-refractivity contribution in [3.63, 3.8) is 0 Å². The smallest absolute Gasteiger partial charge is 0.416 e. The summed E-state index contributed by atoms with van der Waals surface area (Å²) in [6.45, 7) is 9.65. The Labute approximate surface area is 230 Å². The number of pyridine rings is 1. The van der Waals surface area contributed by atoms with E-state index in [-0.39, 0.29) is 17.2 Å². The quantitative estimate of drug-likeness (QED) is 0.404. The molecule has 1 aliphatic rings. The zero-order valence-electron chi connectivity index (χ0n) is 23.5. The van der Waals surface area contributed by atoms with Crippen molar-refractivity contribution in [1.82, 2.24) is 19.4 Å². The van der Waals surface area contributed by atoms with E-state index in [1.165, 1.54) is 10.6 Å². The van der Waals surface area contributed by atoms with Gasteiger partial charge < -0.3 is 20.7 Å². The molecular formula is C28H35F3N6O3. The summed E-state index contributed by atoms with van der Waals surface area (Å²) in [5, 5.41) is 3.75. The topological polar surface area (TPSA) is 115 Å². The molecule has 0 radical (unpaired) electrons. The number of halogens is 3. The Hall–Kier alpha value is -3.83. The predicted octanol–water partition coefficient (Wildman–Crippen LogP) is 5.53. The fraction of sp³-hybridized carbons (Fsp3) is 0.500. The second-order valence-electron chi connectivity index (χ2n) is 11.3. The van der Waals surface area contributed by atoms with E-state index in [4.69, 9.17) is 10.5 Å². The van der Waals surface area contributed by atoms with Crippen LogP contribution in [0.1, 0.15) is 75.0 Å². The van der Waals surface area contributed by atoms with Gasteiger partial charge in [-0.3, -0.25) is 9.36 Å². The molecule has 2 atom stereocenters. The third-order valence-corrected chi connectivity index (χ3v) is 6.88. The van der Waals surface area contributed by atoms with Gasteiger partial charge in [0.15, 0.2) is 0 Å². The molecule has 2 aromatic heterocycles. The van der Waals surface area contributed by atoms with Crippen molar-refractivity contribution in [3.8, 4) is 0 Å². The fourth-order valence-corrected chi connectivity index (χ4v) is 4.97. The van der Waals surface area contributed by atoms with Crippen molar-refractivity contribution in [1.29, 1.82) is 0 Å². The first-order valence-electron chi connectivity index (χ1n) is 13.1. The summed E-state index contributed by atoms with van der Waals surface area (Å²) < 4.78 is 47.2. The van der Waals surface area contributed by atoms with E-state index in [1.54, 1.807) is 52.6 Å². The molecule has 0 bridgehead atoms. The van der Waals surface area contributed by atoms with Crippen molar-refractivity contribution < 1.29 is 22.7 Å². The standard InChI is InChI=1S/C28H35F3N6O3/c1-15(18-10-19(28(29,30)31)12-20(32)11-18)33-23-22-13-21(25(38)36(6)24(22)35-16(2)34-23)17-8-7-9-37(14-17)26(39)40-27(3,4)5/h10-13,15,17H,7-9,14,32H2,1-6H3,(H,33,34,35)/t15-,17?/m1/s1. The van der Waals surface area contributed by atoms with E-state index >= 15 is 0 Å². The lowest BCUT2D eigenvalue weighted by Crippen LogP contribution is -2.43. The molecule has 4 rings (SSSR count). The number of nitrogen functional groups attached to an aromatic ring is 1. The lowest BCUT2D eigenvalue weighted by atomic mass is 9.91. The summed E-state index contributed by atoms with van der Waals surface area (Å²) in [4.78, 5) is 36.8. The van der Waals surface area contributed by atoms with Gasteiger partial charge in [0.1, 0.15) is 22.9 Å². The molecule has 0 saturated carbocycles. The summed E-state index contributed by atoms with van der Waals surface area (Å²) in [7, 11) is 1.62. The summed E-state index contributed by atoms with van der Waals surface area (Å²) in [5.74, 6) is 0.532. The van der Waals surface area contributed by atoms with Gasteiger partial charge in [0.2, 0.25) is 0 Å². The molecule has 3 aromatic rings. The summed E-state index contributed by atoms with van der Waals surface area (Å²) in [6, 6.07) is 4.57. The Bertz CT molecular complexity index is 1500. The van der Waals surface area contributed by atoms with Crippen molar-refractivity contribution in [2.45, 2.75) is 71.2 Å². The van der Waals surface area contributed by atoms with Gasteiger partial charge in [0.05, 0.1) is 17.0 Å². The lowest BCUT2D eigenvalue weighted by molar-refractivity contribution is -0.137. The first-order valence-corrected chi connectivity index (χ1v) is 13.1. The summed E-state index contributed by atoms with van der Waals surface area (Å²) in [6.07, 6.45) is -3.56. The normalized spacial score (nSPS) is 17.1. The lowest BCUT2D eigenvalue weighted by Gasteiger charge is -2.34. The molecular weight excluding hydrogens is 525 g/mol. The van der Waals surface area contributed by atoms with Gasteiger partial charge in [-0.15, -0.1) is 0 Å². The minimum absolute atomic E-state index is 0.00118. The van der Waals surface area contributed by atoms with Crippen LogP contribution in [0.15, 0.2) is 29.1 Å². The largest absolute Gasteiger partial charge is 0.444 e. The maximum Gasteiger partial charge on any atom is 0.416 e. The van der Waals surface area contributed by atoms with Crippen molar-refractivity contribution in [2.75, 3.05) is 24.1 Å². The Morgan fingerprint density at radius 3 is 2.52 bits per heavy atom. The first-order chi connectivity index (χ1) is 18.5. The SMILES string of the molecule is Cc1nc(N[C@H](C)c2cc(N)cc(C(F)(F)F)c2)c2cc(C3CCCN(C(=O)OC(C)(C)C)C3)c(=O)n(C)c2n1. The number of alkyl halides is 3. The molecule has 1 amide bonds. The second-order valence-corrected chi connectivity index (χ2v) is 11.3. The van der Waals surface area contributed by atoms with Crippen LogP contribution >= 0.6 is 0 Å². The molecule has 0 spiro atoms. The molecule has 3 N–H and O–H groups in total. The van der Waals surface area contributed by atoms with E-state index in [0.717, 1.165) is 12.1 Å². The third kappa shape index (κ3) is 6.31. The Morgan fingerprint density at radius 2 is 1.88 bits per heavy atom. The van der Waals surface area contributed by atoms with Crippen LogP contribution in [0.5, 0.6) is 0 Å². The van der Waals surface area contributed by atoms with Crippen molar-refractivity contribution >= 4 is 28.6 Å². The number of nitrogens with zero attached hydrogens (tertiary/aromatic N) is 4. The molecule has 3 heterocycles. The van der Waals surface area contributed by atoms with Gasteiger partial charge in [-0.05, 0) is 77.3 Å². The molecule has 0 aliphatic carbocycles. The van der Waals surface area contributed by atoms with Crippen LogP contribution in [0.4, 0.5) is 29.5 Å². The molecule has 1 aromatic carbocycles. The Balaban J connectivity index is 1.72. The van der Waals surface area contributed by atoms with E-state index in [1.807, 2.05) is 0 Å². The highest BCUT2D eigenvalue weighted by Crippen LogP contribution is 2.34. The highest BCUT2D eigenvalue weighted by Gasteiger charge is 2.32. The highest BCUT2D eigenvalue weighted by atomic mass is 19.4. The van der Waals surface area contributed by atoms with Crippen LogP contribution in [0, 0.1) is 6.92 Å². The van der Waals surface area contributed by atoms with E-state index in [2.05, 4.69) is 15.3 Å². The Morgan fingerprint density at radius 1 is 1.18 bits per heavy atom. The van der Waals surface area contributed by atoms with Crippen LogP contribution in [0.2, 0.25) is 0 Å². The number of carbonyl (C=O) groups excluding carboxylic acids is 1. The van der Waals surface area contributed by atoms with Gasteiger partial charge in [0, 0.05) is 37.3 Å². The average molecular weight is 561 g/mol. The maximum absolute atomic E-state index is 13.4. The maximum atomic E-state index is 13.4. The summed E-state index contributed by atoms with van der Waals surface area (Å²) in [5.41, 5.74) is 5.30. The van der Waals surface area contributed by atoms with Gasteiger partial charge in [-0.2, -0.15) is 13.2 Å². The number of amides is 1. The molecule has 12 heteroatoms. The number of aryl methyl sites for hydroxylation is 2. The first kappa shape index (κ1) is 29.2.